The summed E-state index contributed by atoms with van der Waals surface area (Å²) in [6.07, 6.45) is 9.55. The summed E-state index contributed by atoms with van der Waals surface area (Å²) in [6.45, 7) is 1.33. The topological polar surface area (TPSA) is 76.5 Å². The standard InChI is InChI=1S/C23H30N4O3/c1-30-21-11-5-3-9-18(21)23(29)27-19-10-4-2-8-17(19)16-20(27)22(28)24-12-6-14-26-15-7-13-25-26/h3,5,7,9,11,13,15,17,19-20H,2,4,6,8,10,12,14,16H2,1H3,(H,24,28). The summed E-state index contributed by atoms with van der Waals surface area (Å²) in [6, 6.07) is 8.89. The number of nitrogens with one attached hydrogen (secondary N) is 1. The Bertz CT molecular complexity index is 867. The molecule has 1 aliphatic carbocycles. The Kier molecular flexibility index (Phi) is 6.35. The first-order valence-electron chi connectivity index (χ1n) is 10.9. The number of fused-ring (bicyclic) bond motifs is 1. The molecular weight excluding hydrogens is 380 g/mol. The van der Waals surface area contributed by atoms with Crippen LogP contribution in [0.15, 0.2) is 42.7 Å². The van der Waals surface area contributed by atoms with Crippen LogP contribution in [0.4, 0.5) is 0 Å². The minimum atomic E-state index is -0.416. The van der Waals surface area contributed by atoms with Gasteiger partial charge in [0.05, 0.1) is 12.7 Å². The van der Waals surface area contributed by atoms with Crippen molar-refractivity contribution in [3.05, 3.63) is 48.3 Å². The zero-order valence-electron chi connectivity index (χ0n) is 17.5. The first kappa shape index (κ1) is 20.4. The van der Waals surface area contributed by atoms with Crippen molar-refractivity contribution in [3.8, 4) is 5.75 Å². The quantitative estimate of drug-likeness (QED) is 0.712. The molecule has 3 unspecified atom stereocenters. The minimum Gasteiger partial charge on any atom is -0.496 e. The second-order valence-electron chi connectivity index (χ2n) is 8.19. The molecule has 1 aromatic heterocycles. The number of hydrogen-bond donors (Lipinski definition) is 1. The summed E-state index contributed by atoms with van der Waals surface area (Å²) in [5.74, 6) is 0.809. The van der Waals surface area contributed by atoms with Crippen LogP contribution < -0.4 is 10.1 Å². The van der Waals surface area contributed by atoms with E-state index in [0.717, 1.165) is 38.6 Å². The second kappa shape index (κ2) is 9.32. The van der Waals surface area contributed by atoms with E-state index in [4.69, 9.17) is 4.74 Å². The van der Waals surface area contributed by atoms with Crippen molar-refractivity contribution in [1.29, 1.82) is 0 Å². The fraction of sp³-hybridized carbons (Fsp3) is 0.522. The molecule has 1 aliphatic heterocycles. The molecule has 2 fully saturated rings. The van der Waals surface area contributed by atoms with E-state index >= 15 is 0 Å². The van der Waals surface area contributed by atoms with Gasteiger partial charge in [-0.25, -0.2) is 0 Å². The van der Waals surface area contributed by atoms with Crippen molar-refractivity contribution in [2.75, 3.05) is 13.7 Å². The van der Waals surface area contributed by atoms with E-state index in [0.29, 0.717) is 23.8 Å². The molecule has 1 saturated carbocycles. The molecule has 0 spiro atoms. The smallest absolute Gasteiger partial charge is 0.258 e. The van der Waals surface area contributed by atoms with Crippen LogP contribution in [-0.2, 0) is 11.3 Å². The Hall–Kier alpha value is -2.83. The van der Waals surface area contributed by atoms with E-state index in [9.17, 15) is 9.59 Å². The Balaban J connectivity index is 1.47. The van der Waals surface area contributed by atoms with Crippen molar-refractivity contribution in [2.45, 2.75) is 57.2 Å². The summed E-state index contributed by atoms with van der Waals surface area (Å²) in [4.78, 5) is 28.5. The Morgan fingerprint density at radius 1 is 1.20 bits per heavy atom. The number of likely N-dealkylation sites (tertiary alicyclic amines) is 1. The molecule has 2 aliphatic rings. The van der Waals surface area contributed by atoms with Gasteiger partial charge in [-0.05, 0) is 49.8 Å². The number of methoxy groups -OCH3 is 1. The van der Waals surface area contributed by atoms with Gasteiger partial charge in [0.15, 0.2) is 0 Å². The second-order valence-corrected chi connectivity index (χ2v) is 8.19. The fourth-order valence-electron chi connectivity index (χ4n) is 4.95. The highest BCUT2D eigenvalue weighted by Crippen LogP contribution is 2.41. The molecule has 1 N–H and O–H groups in total. The molecular formula is C23H30N4O3. The van der Waals surface area contributed by atoms with E-state index in [-0.39, 0.29) is 17.9 Å². The number of rotatable bonds is 7. The third-order valence-corrected chi connectivity index (χ3v) is 6.39. The molecule has 4 rings (SSSR count). The minimum absolute atomic E-state index is 0.0480. The van der Waals surface area contributed by atoms with E-state index < -0.39 is 6.04 Å². The lowest BCUT2D eigenvalue weighted by atomic mass is 9.84. The van der Waals surface area contributed by atoms with Gasteiger partial charge < -0.3 is 15.0 Å². The van der Waals surface area contributed by atoms with Crippen molar-refractivity contribution in [1.82, 2.24) is 20.0 Å². The normalized spacial score (nSPS) is 23.1. The van der Waals surface area contributed by atoms with Crippen molar-refractivity contribution in [2.24, 2.45) is 5.92 Å². The van der Waals surface area contributed by atoms with Crippen molar-refractivity contribution >= 4 is 11.8 Å². The Morgan fingerprint density at radius 3 is 2.83 bits per heavy atom. The number of aromatic nitrogens is 2. The monoisotopic (exact) mass is 410 g/mol. The number of aryl methyl sites for hydroxylation is 1. The van der Waals surface area contributed by atoms with Gasteiger partial charge in [0.1, 0.15) is 11.8 Å². The predicted octanol–water partition coefficient (Wildman–Crippen LogP) is 2.87. The molecule has 160 valence electrons. The molecule has 2 heterocycles. The maximum absolute atomic E-state index is 13.5. The number of carbonyl (C=O) groups is 2. The van der Waals surface area contributed by atoms with Gasteiger partial charge >= 0.3 is 0 Å². The van der Waals surface area contributed by atoms with Crippen LogP contribution >= 0.6 is 0 Å². The largest absolute Gasteiger partial charge is 0.496 e. The summed E-state index contributed by atoms with van der Waals surface area (Å²) in [5.41, 5.74) is 0.530. The third kappa shape index (κ3) is 4.20. The maximum atomic E-state index is 13.5. The van der Waals surface area contributed by atoms with Crippen LogP contribution in [0.2, 0.25) is 0 Å². The number of ether oxygens (including phenoxy) is 1. The SMILES string of the molecule is COc1ccccc1C(=O)N1C(C(=O)NCCCn2cccn2)CC2CCCCC21. The molecule has 30 heavy (non-hydrogen) atoms. The van der Waals surface area contributed by atoms with Gasteiger partial charge in [-0.15, -0.1) is 0 Å². The van der Waals surface area contributed by atoms with Crippen LogP contribution in [0.1, 0.15) is 48.9 Å². The predicted molar refractivity (Wildman–Crippen MR) is 113 cm³/mol. The van der Waals surface area contributed by atoms with Gasteiger partial charge in [0.25, 0.3) is 5.91 Å². The molecule has 1 aromatic carbocycles. The summed E-state index contributed by atoms with van der Waals surface area (Å²) < 4.78 is 7.27. The first-order chi connectivity index (χ1) is 14.7. The summed E-state index contributed by atoms with van der Waals surface area (Å²) in [7, 11) is 1.57. The number of nitrogens with zero attached hydrogens (tertiary/aromatic N) is 3. The van der Waals surface area contributed by atoms with E-state index in [1.807, 2.05) is 34.0 Å². The molecule has 0 bridgehead atoms. The van der Waals surface area contributed by atoms with Crippen LogP contribution in [0.25, 0.3) is 0 Å². The van der Waals surface area contributed by atoms with Gasteiger partial charge in [-0.1, -0.05) is 25.0 Å². The van der Waals surface area contributed by atoms with Gasteiger partial charge in [-0.3, -0.25) is 14.3 Å². The average molecular weight is 411 g/mol. The van der Waals surface area contributed by atoms with E-state index in [1.54, 1.807) is 25.4 Å². The third-order valence-electron chi connectivity index (χ3n) is 6.39. The lowest BCUT2D eigenvalue weighted by Crippen LogP contribution is -2.49. The number of amides is 2. The molecule has 7 nitrogen and oxygen atoms in total. The fourth-order valence-corrected chi connectivity index (χ4v) is 4.95. The first-order valence-corrected chi connectivity index (χ1v) is 10.9. The van der Waals surface area contributed by atoms with Gasteiger partial charge in [-0.2, -0.15) is 5.10 Å². The Morgan fingerprint density at radius 2 is 2.03 bits per heavy atom. The summed E-state index contributed by atoms with van der Waals surface area (Å²) in [5, 5.41) is 7.24. The Labute approximate surface area is 177 Å². The van der Waals surface area contributed by atoms with Crippen LogP contribution in [0.5, 0.6) is 5.75 Å². The van der Waals surface area contributed by atoms with Crippen LogP contribution in [0, 0.1) is 5.92 Å². The molecule has 2 amide bonds. The number of para-hydroxylation sites is 1. The van der Waals surface area contributed by atoms with E-state index in [2.05, 4.69) is 10.4 Å². The molecule has 7 heteroatoms. The highest BCUT2D eigenvalue weighted by Gasteiger charge is 2.47. The molecule has 0 radical (unpaired) electrons. The number of hydrogen-bond acceptors (Lipinski definition) is 4. The summed E-state index contributed by atoms with van der Waals surface area (Å²) >= 11 is 0. The molecule has 3 atom stereocenters. The maximum Gasteiger partial charge on any atom is 0.258 e. The lowest BCUT2D eigenvalue weighted by Gasteiger charge is -2.34. The number of benzene rings is 1. The van der Waals surface area contributed by atoms with Crippen molar-refractivity contribution in [3.63, 3.8) is 0 Å². The zero-order chi connectivity index (χ0) is 20.9. The average Bonchev–Trinajstić information content (AvgIpc) is 3.43. The van der Waals surface area contributed by atoms with Crippen LogP contribution in [-0.4, -0.2) is 52.2 Å². The number of carbonyl (C=O) groups excluding carboxylic acids is 2. The van der Waals surface area contributed by atoms with Crippen molar-refractivity contribution < 1.29 is 14.3 Å². The zero-order valence-corrected chi connectivity index (χ0v) is 17.5. The van der Waals surface area contributed by atoms with E-state index in [1.165, 1.54) is 6.42 Å². The van der Waals surface area contributed by atoms with Gasteiger partial charge in [0.2, 0.25) is 5.91 Å². The molecule has 1 saturated heterocycles. The molecule has 2 aromatic rings. The highest BCUT2D eigenvalue weighted by molar-refractivity contribution is 6.00. The van der Waals surface area contributed by atoms with Crippen LogP contribution in [0.3, 0.4) is 0 Å². The van der Waals surface area contributed by atoms with Gasteiger partial charge in [0, 0.05) is 31.5 Å². The lowest BCUT2D eigenvalue weighted by molar-refractivity contribution is -0.125. The highest BCUT2D eigenvalue weighted by atomic mass is 16.5.